The van der Waals surface area contributed by atoms with Crippen molar-refractivity contribution in [2.45, 2.75) is 79.4 Å². The van der Waals surface area contributed by atoms with Crippen molar-refractivity contribution in [1.29, 1.82) is 0 Å². The van der Waals surface area contributed by atoms with Crippen LogP contribution >= 0.6 is 0 Å². The number of primary amides is 1. The first-order valence-corrected chi connectivity index (χ1v) is 14.6. The quantitative estimate of drug-likeness (QED) is 0.567. The zero-order valence-electron chi connectivity index (χ0n) is 25.0. The second-order valence-corrected chi connectivity index (χ2v) is 13.9. The van der Waals surface area contributed by atoms with Crippen LogP contribution in [0.15, 0.2) is 18.2 Å². The Morgan fingerprint density at radius 3 is 2.31 bits per heavy atom. The number of nitrogens with zero attached hydrogens (tertiary/aromatic N) is 3. The Kier molecular flexibility index (Phi) is 8.48. The van der Waals surface area contributed by atoms with Gasteiger partial charge in [-0.05, 0) is 54.0 Å². The highest BCUT2D eigenvalue weighted by atomic mass is 16.5. The molecule has 4 rings (SSSR count). The Hall–Kier alpha value is -2.45. The monoisotopic (exact) mass is 540 g/mol. The average Bonchev–Trinajstić information content (AvgIpc) is 3.42. The maximum absolute atomic E-state index is 14.5. The molecule has 1 aromatic carbocycles. The zero-order valence-corrected chi connectivity index (χ0v) is 25.0. The van der Waals surface area contributed by atoms with E-state index in [4.69, 9.17) is 10.5 Å². The van der Waals surface area contributed by atoms with Crippen molar-refractivity contribution in [3.63, 3.8) is 0 Å². The molecule has 4 atom stereocenters. The summed E-state index contributed by atoms with van der Waals surface area (Å²) in [5.74, 6) is -1.24. The van der Waals surface area contributed by atoms with Crippen LogP contribution in [0.4, 0.5) is 5.69 Å². The van der Waals surface area contributed by atoms with Crippen LogP contribution in [0.2, 0.25) is 0 Å². The number of ether oxygens (including phenoxy) is 1. The number of hydrogen-bond donors (Lipinski definition) is 1. The van der Waals surface area contributed by atoms with Gasteiger partial charge >= 0.3 is 0 Å². The number of carbonyl (C=O) groups is 3. The van der Waals surface area contributed by atoms with E-state index in [0.717, 1.165) is 44.8 Å². The van der Waals surface area contributed by atoms with Crippen molar-refractivity contribution >= 4 is 23.3 Å². The molecule has 0 saturated carbocycles. The van der Waals surface area contributed by atoms with Crippen LogP contribution in [0, 0.1) is 16.7 Å². The van der Waals surface area contributed by atoms with Crippen LogP contribution < -0.4 is 10.6 Å². The summed E-state index contributed by atoms with van der Waals surface area (Å²) in [4.78, 5) is 46.7. The molecule has 0 radical (unpaired) electrons. The van der Waals surface area contributed by atoms with Crippen LogP contribution in [-0.2, 0) is 14.3 Å². The van der Waals surface area contributed by atoms with Gasteiger partial charge in [0.1, 0.15) is 12.6 Å². The summed E-state index contributed by atoms with van der Waals surface area (Å²) in [6, 6.07) is 5.17. The molecule has 3 fully saturated rings. The van der Waals surface area contributed by atoms with Gasteiger partial charge in [-0.15, -0.1) is 0 Å². The lowest BCUT2D eigenvalue weighted by atomic mass is 9.78. The fourth-order valence-electron chi connectivity index (χ4n) is 6.60. The molecule has 2 N–H and O–H groups in total. The highest BCUT2D eigenvalue weighted by Crippen LogP contribution is 2.44. The number of carbonyl (C=O) groups excluding carboxylic acids is 3. The molecule has 0 bridgehead atoms. The Morgan fingerprint density at radius 2 is 1.74 bits per heavy atom. The highest BCUT2D eigenvalue weighted by Gasteiger charge is 2.56. The Bertz CT molecular complexity index is 1080. The van der Waals surface area contributed by atoms with Gasteiger partial charge in [-0.25, -0.2) is 0 Å². The molecule has 3 aliphatic rings. The minimum atomic E-state index is -0.596. The number of rotatable bonds is 7. The summed E-state index contributed by atoms with van der Waals surface area (Å²) < 4.78 is 5.95. The summed E-state index contributed by atoms with van der Waals surface area (Å²) in [5, 5.41) is 0. The van der Waals surface area contributed by atoms with Crippen LogP contribution in [-0.4, -0.2) is 85.4 Å². The second kappa shape index (κ2) is 11.2. The molecular formula is C31H48N4O4. The molecule has 2 amide bonds. The molecule has 8 heteroatoms. The predicted octanol–water partition coefficient (Wildman–Crippen LogP) is 3.68. The van der Waals surface area contributed by atoms with Crippen molar-refractivity contribution in [2.75, 3.05) is 50.8 Å². The Morgan fingerprint density at radius 1 is 1.08 bits per heavy atom. The zero-order chi connectivity index (χ0) is 28.7. The minimum Gasteiger partial charge on any atom is -0.369 e. The molecular weight excluding hydrogens is 492 g/mol. The summed E-state index contributed by atoms with van der Waals surface area (Å²) >= 11 is 0. The topological polar surface area (TPSA) is 96.2 Å². The van der Waals surface area contributed by atoms with Gasteiger partial charge in [-0.1, -0.05) is 48.5 Å². The number of benzene rings is 1. The third kappa shape index (κ3) is 6.32. The summed E-state index contributed by atoms with van der Waals surface area (Å²) in [7, 11) is 0. The summed E-state index contributed by atoms with van der Waals surface area (Å²) in [5.41, 5.74) is 7.60. The Labute approximate surface area is 234 Å². The molecule has 3 heterocycles. The van der Waals surface area contributed by atoms with E-state index in [1.165, 1.54) is 0 Å². The molecule has 1 aromatic rings. The fraction of sp³-hybridized carbons (Fsp3) is 0.710. The van der Waals surface area contributed by atoms with E-state index in [0.29, 0.717) is 24.1 Å². The summed E-state index contributed by atoms with van der Waals surface area (Å²) in [6.45, 7) is 20.3. The molecule has 0 spiro atoms. The number of Topliss-reactive ketones (excluding diaryl/α,β-unsaturated/α-hetero) is 1. The average molecular weight is 541 g/mol. The number of ketones is 1. The lowest BCUT2D eigenvalue weighted by molar-refractivity contribution is -0.138. The minimum absolute atomic E-state index is 0.0385. The van der Waals surface area contributed by atoms with Gasteiger partial charge in [0.05, 0.1) is 12.0 Å². The predicted molar refractivity (Wildman–Crippen MR) is 154 cm³/mol. The van der Waals surface area contributed by atoms with E-state index in [2.05, 4.69) is 58.3 Å². The SMILES string of the molecule is CCCN1CCN(c2ccc(C(N)=O)c([C@H](CC(C)(C)C)C(=O)N3C[C@H](C(C)(C)C)[C@H]4OCC(=O)[C@H]43)c2)CC1. The van der Waals surface area contributed by atoms with Gasteiger partial charge in [0, 0.05) is 49.9 Å². The van der Waals surface area contributed by atoms with Crippen LogP contribution in [0.25, 0.3) is 0 Å². The number of likely N-dealkylation sites (tertiary alicyclic amines) is 1. The van der Waals surface area contributed by atoms with Crippen LogP contribution in [0.5, 0.6) is 0 Å². The molecule has 8 nitrogen and oxygen atoms in total. The number of piperazine rings is 1. The number of nitrogens with two attached hydrogens (primary N) is 1. The third-order valence-electron chi connectivity index (χ3n) is 8.65. The number of hydrogen-bond acceptors (Lipinski definition) is 6. The third-order valence-corrected chi connectivity index (χ3v) is 8.65. The maximum atomic E-state index is 14.5. The van der Waals surface area contributed by atoms with E-state index in [1.54, 1.807) is 11.0 Å². The van der Waals surface area contributed by atoms with Crippen LogP contribution in [0.3, 0.4) is 0 Å². The van der Waals surface area contributed by atoms with Crippen LogP contribution in [0.1, 0.15) is 83.1 Å². The van der Waals surface area contributed by atoms with Gasteiger partial charge in [0.15, 0.2) is 5.78 Å². The lowest BCUT2D eigenvalue weighted by Gasteiger charge is -2.37. The Balaban J connectivity index is 1.72. The summed E-state index contributed by atoms with van der Waals surface area (Å²) in [6.07, 6.45) is 1.37. The van der Waals surface area contributed by atoms with Gasteiger partial charge in [0.25, 0.3) is 0 Å². The number of fused-ring (bicyclic) bond motifs is 1. The molecule has 0 aliphatic carbocycles. The van der Waals surface area contributed by atoms with Gasteiger partial charge in [-0.3, -0.25) is 19.3 Å². The maximum Gasteiger partial charge on any atom is 0.249 e. The number of amides is 2. The normalized spacial score (nSPS) is 25.2. The molecule has 3 aliphatic heterocycles. The molecule has 3 saturated heterocycles. The van der Waals surface area contributed by atoms with Crippen molar-refractivity contribution in [3.8, 4) is 0 Å². The molecule has 216 valence electrons. The first kappa shape index (κ1) is 29.5. The smallest absolute Gasteiger partial charge is 0.249 e. The van der Waals surface area contributed by atoms with Gasteiger partial charge in [0.2, 0.25) is 11.8 Å². The highest BCUT2D eigenvalue weighted by molar-refractivity contribution is 5.99. The first-order chi connectivity index (χ1) is 18.2. The van der Waals surface area contributed by atoms with Crippen molar-refractivity contribution in [3.05, 3.63) is 29.3 Å². The largest absolute Gasteiger partial charge is 0.369 e. The van der Waals surface area contributed by atoms with E-state index in [1.807, 2.05) is 12.1 Å². The van der Waals surface area contributed by atoms with Gasteiger partial charge in [-0.2, -0.15) is 0 Å². The standard InChI is InChI=1S/C31H48N4O4/c1-8-11-33-12-14-34(15-13-33)20-9-10-21(28(32)37)22(16-20)23(17-30(2,3)4)29(38)35-18-24(31(5,6)7)27-26(35)25(36)19-39-27/h9-10,16,23-24,26-27H,8,11-15,17-19H2,1-7H3,(H2,32,37)/t23-,24-,26+,27+/m0/s1. The van der Waals surface area contributed by atoms with Gasteiger partial charge < -0.3 is 20.3 Å². The molecule has 0 unspecified atom stereocenters. The van der Waals surface area contributed by atoms with Crippen molar-refractivity contribution in [1.82, 2.24) is 9.80 Å². The van der Waals surface area contributed by atoms with E-state index < -0.39 is 17.9 Å². The fourth-order valence-corrected chi connectivity index (χ4v) is 6.60. The number of anilines is 1. The van der Waals surface area contributed by atoms with E-state index in [-0.39, 0.29) is 41.1 Å². The lowest BCUT2D eigenvalue weighted by Crippen LogP contribution is -2.46. The molecule has 39 heavy (non-hydrogen) atoms. The van der Waals surface area contributed by atoms with E-state index in [9.17, 15) is 14.4 Å². The van der Waals surface area contributed by atoms with Crippen molar-refractivity contribution in [2.24, 2.45) is 22.5 Å². The van der Waals surface area contributed by atoms with Crippen molar-refractivity contribution < 1.29 is 19.1 Å². The molecule has 0 aromatic heterocycles. The second-order valence-electron chi connectivity index (χ2n) is 13.9. The first-order valence-electron chi connectivity index (χ1n) is 14.6. The van der Waals surface area contributed by atoms with E-state index >= 15 is 0 Å².